The molecule has 4 heteroatoms. The zero-order chi connectivity index (χ0) is 14.7. The van der Waals surface area contributed by atoms with E-state index in [1.54, 1.807) is 12.0 Å². The van der Waals surface area contributed by atoms with Crippen molar-refractivity contribution >= 4 is 5.91 Å². The minimum atomic E-state index is 0.160. The van der Waals surface area contributed by atoms with Gasteiger partial charge in [0.2, 0.25) is 0 Å². The van der Waals surface area contributed by atoms with E-state index in [4.69, 9.17) is 4.74 Å². The molecular weight excluding hydrogens is 264 g/mol. The number of methoxy groups -OCH3 is 1. The summed E-state index contributed by atoms with van der Waals surface area (Å²) in [5.74, 6) is 0.954. The highest BCUT2D eigenvalue weighted by Gasteiger charge is 2.31. The molecule has 3 rings (SSSR count). The molecule has 2 saturated heterocycles. The molecule has 0 bridgehead atoms. The molecule has 1 N–H and O–H groups in total. The normalized spacial score (nSPS) is 20.7. The number of ether oxygens (including phenoxy) is 1. The second-order valence-electron chi connectivity index (χ2n) is 6.16. The highest BCUT2D eigenvalue weighted by Crippen LogP contribution is 2.16. The first-order chi connectivity index (χ1) is 10.3. The molecular formula is C17H25N2O2+. The summed E-state index contributed by atoms with van der Waals surface area (Å²) in [4.78, 5) is 16.3. The summed E-state index contributed by atoms with van der Waals surface area (Å²) in [6.07, 6.45) is 5.05. The third kappa shape index (κ3) is 3.21. The summed E-state index contributed by atoms with van der Waals surface area (Å²) in [7, 11) is 1.64. The van der Waals surface area contributed by atoms with Gasteiger partial charge < -0.3 is 14.5 Å². The van der Waals surface area contributed by atoms with Gasteiger partial charge >= 0.3 is 0 Å². The number of piperidine rings is 1. The Morgan fingerprint density at radius 2 is 1.76 bits per heavy atom. The predicted octanol–water partition coefficient (Wildman–Crippen LogP) is 0.978. The van der Waals surface area contributed by atoms with E-state index in [1.165, 1.54) is 25.9 Å². The van der Waals surface area contributed by atoms with Gasteiger partial charge in [-0.3, -0.25) is 4.79 Å². The molecule has 1 aromatic carbocycles. The lowest BCUT2D eigenvalue weighted by atomic mass is 10.0. The maximum Gasteiger partial charge on any atom is 0.253 e. The number of rotatable bonds is 3. The maximum atomic E-state index is 12.5. The molecule has 0 spiro atoms. The topological polar surface area (TPSA) is 34.0 Å². The molecule has 2 aliphatic heterocycles. The Hall–Kier alpha value is -1.55. The molecule has 0 aromatic heterocycles. The van der Waals surface area contributed by atoms with Crippen molar-refractivity contribution in [3.05, 3.63) is 29.8 Å². The number of likely N-dealkylation sites (tertiary alicyclic amines) is 2. The van der Waals surface area contributed by atoms with Crippen LogP contribution >= 0.6 is 0 Å². The van der Waals surface area contributed by atoms with Crippen molar-refractivity contribution in [3.8, 4) is 5.75 Å². The molecule has 114 valence electrons. The molecule has 21 heavy (non-hydrogen) atoms. The lowest BCUT2D eigenvalue weighted by molar-refractivity contribution is -0.914. The van der Waals surface area contributed by atoms with Gasteiger partial charge in [0, 0.05) is 44.3 Å². The van der Waals surface area contributed by atoms with Crippen LogP contribution in [-0.4, -0.2) is 50.1 Å². The van der Waals surface area contributed by atoms with Crippen molar-refractivity contribution in [2.24, 2.45) is 0 Å². The fourth-order valence-electron chi connectivity index (χ4n) is 3.64. The van der Waals surface area contributed by atoms with Crippen LogP contribution in [0.1, 0.15) is 36.0 Å². The maximum absolute atomic E-state index is 12.5. The van der Waals surface area contributed by atoms with Crippen LogP contribution in [0, 0.1) is 0 Å². The highest BCUT2D eigenvalue weighted by atomic mass is 16.5. The SMILES string of the molecule is COc1ccc(C(=O)N2CCC([NH+]3CCCC3)CC2)cc1. The zero-order valence-corrected chi connectivity index (χ0v) is 12.8. The number of nitrogens with zero attached hydrogens (tertiary/aromatic N) is 1. The molecule has 0 saturated carbocycles. The third-order valence-corrected chi connectivity index (χ3v) is 4.94. The van der Waals surface area contributed by atoms with Crippen LogP contribution in [0.5, 0.6) is 5.75 Å². The largest absolute Gasteiger partial charge is 0.497 e. The van der Waals surface area contributed by atoms with Gasteiger partial charge in [0.25, 0.3) is 5.91 Å². The van der Waals surface area contributed by atoms with Crippen LogP contribution in [-0.2, 0) is 0 Å². The second kappa shape index (κ2) is 6.48. The van der Waals surface area contributed by atoms with E-state index in [0.29, 0.717) is 0 Å². The van der Waals surface area contributed by atoms with Gasteiger partial charge in [-0.1, -0.05) is 0 Å². The van der Waals surface area contributed by atoms with Crippen molar-refractivity contribution in [2.45, 2.75) is 31.7 Å². The van der Waals surface area contributed by atoms with Crippen LogP contribution in [0.4, 0.5) is 0 Å². The van der Waals surface area contributed by atoms with Crippen LogP contribution in [0.2, 0.25) is 0 Å². The van der Waals surface area contributed by atoms with Gasteiger partial charge in [0.1, 0.15) is 5.75 Å². The Morgan fingerprint density at radius 1 is 1.14 bits per heavy atom. The number of benzene rings is 1. The summed E-state index contributed by atoms with van der Waals surface area (Å²) < 4.78 is 5.14. The molecule has 0 atom stereocenters. The number of quaternary nitrogens is 1. The van der Waals surface area contributed by atoms with Crippen molar-refractivity contribution in [2.75, 3.05) is 33.3 Å². The lowest BCUT2D eigenvalue weighted by Crippen LogP contribution is -3.14. The Labute approximate surface area is 126 Å². The van der Waals surface area contributed by atoms with E-state index in [0.717, 1.165) is 43.3 Å². The number of amides is 1. The van der Waals surface area contributed by atoms with Crippen molar-refractivity contribution in [3.63, 3.8) is 0 Å². The van der Waals surface area contributed by atoms with E-state index in [-0.39, 0.29) is 5.91 Å². The number of hydrogen-bond donors (Lipinski definition) is 1. The first-order valence-electron chi connectivity index (χ1n) is 8.06. The molecule has 2 heterocycles. The van der Waals surface area contributed by atoms with Gasteiger partial charge in [-0.05, 0) is 24.3 Å². The molecule has 1 amide bonds. The van der Waals surface area contributed by atoms with E-state index in [9.17, 15) is 4.79 Å². The summed E-state index contributed by atoms with van der Waals surface area (Å²) in [6.45, 7) is 4.46. The Morgan fingerprint density at radius 3 is 2.33 bits per heavy atom. The fraction of sp³-hybridized carbons (Fsp3) is 0.588. The summed E-state index contributed by atoms with van der Waals surface area (Å²) in [6, 6.07) is 8.20. The molecule has 2 aliphatic rings. The Kier molecular flexibility index (Phi) is 4.44. The van der Waals surface area contributed by atoms with Crippen LogP contribution < -0.4 is 9.64 Å². The Bertz CT molecular complexity index is 472. The van der Waals surface area contributed by atoms with Gasteiger partial charge in [0.15, 0.2) is 0 Å². The second-order valence-corrected chi connectivity index (χ2v) is 6.16. The van der Waals surface area contributed by atoms with Crippen molar-refractivity contribution in [1.82, 2.24) is 4.90 Å². The summed E-state index contributed by atoms with van der Waals surface area (Å²) in [5, 5.41) is 0. The first-order valence-corrected chi connectivity index (χ1v) is 8.06. The average Bonchev–Trinajstić information content (AvgIpc) is 3.09. The van der Waals surface area contributed by atoms with Crippen LogP contribution in [0.25, 0.3) is 0 Å². The molecule has 0 aliphatic carbocycles. The molecule has 0 radical (unpaired) electrons. The lowest BCUT2D eigenvalue weighted by Gasteiger charge is -2.34. The van der Waals surface area contributed by atoms with E-state index < -0.39 is 0 Å². The first kappa shape index (κ1) is 14.4. The van der Waals surface area contributed by atoms with Crippen molar-refractivity contribution < 1.29 is 14.4 Å². The van der Waals surface area contributed by atoms with Gasteiger partial charge in [-0.2, -0.15) is 0 Å². The quantitative estimate of drug-likeness (QED) is 0.900. The van der Waals surface area contributed by atoms with E-state index >= 15 is 0 Å². The molecule has 2 fully saturated rings. The predicted molar refractivity (Wildman–Crippen MR) is 81.9 cm³/mol. The van der Waals surface area contributed by atoms with Crippen LogP contribution in [0.15, 0.2) is 24.3 Å². The number of hydrogen-bond acceptors (Lipinski definition) is 2. The van der Waals surface area contributed by atoms with E-state index in [2.05, 4.69) is 0 Å². The smallest absolute Gasteiger partial charge is 0.253 e. The highest BCUT2D eigenvalue weighted by molar-refractivity contribution is 5.94. The van der Waals surface area contributed by atoms with Gasteiger partial charge in [-0.15, -0.1) is 0 Å². The fourth-order valence-corrected chi connectivity index (χ4v) is 3.64. The number of carbonyl (C=O) groups is 1. The van der Waals surface area contributed by atoms with Gasteiger partial charge in [-0.25, -0.2) is 0 Å². The monoisotopic (exact) mass is 289 g/mol. The minimum absolute atomic E-state index is 0.160. The van der Waals surface area contributed by atoms with Gasteiger partial charge in [0.05, 0.1) is 26.2 Å². The molecule has 4 nitrogen and oxygen atoms in total. The van der Waals surface area contributed by atoms with Crippen molar-refractivity contribution in [1.29, 1.82) is 0 Å². The number of carbonyl (C=O) groups excluding carboxylic acids is 1. The number of nitrogens with one attached hydrogen (secondary N) is 1. The summed E-state index contributed by atoms with van der Waals surface area (Å²) in [5.41, 5.74) is 0.766. The van der Waals surface area contributed by atoms with Crippen LogP contribution in [0.3, 0.4) is 0 Å². The molecule has 1 aromatic rings. The standard InChI is InChI=1S/C17H24N2O2/c1-21-16-6-4-14(5-7-16)17(20)19-12-8-15(9-13-19)18-10-2-3-11-18/h4-7,15H,2-3,8-13H2,1H3/p+1. The molecule has 0 unspecified atom stereocenters. The third-order valence-electron chi connectivity index (χ3n) is 4.94. The minimum Gasteiger partial charge on any atom is -0.497 e. The summed E-state index contributed by atoms with van der Waals surface area (Å²) >= 11 is 0. The average molecular weight is 289 g/mol. The zero-order valence-electron chi connectivity index (χ0n) is 12.8. The Balaban J connectivity index is 1.56. The van der Waals surface area contributed by atoms with E-state index in [1.807, 2.05) is 29.2 Å².